The molecule has 0 saturated heterocycles. The summed E-state index contributed by atoms with van der Waals surface area (Å²) in [5.74, 6) is 0. The van der Waals surface area contributed by atoms with Crippen molar-refractivity contribution in [3.63, 3.8) is 0 Å². The lowest BCUT2D eigenvalue weighted by molar-refractivity contribution is 0.195. The summed E-state index contributed by atoms with van der Waals surface area (Å²) in [6.45, 7) is 5.93. The molecule has 2 aromatic heterocycles. The first-order valence-electron chi connectivity index (χ1n) is 5.22. The van der Waals surface area contributed by atoms with Crippen molar-refractivity contribution in [1.29, 1.82) is 0 Å². The maximum atomic E-state index is 11.4. The quantitative estimate of drug-likeness (QED) is 0.808. The van der Waals surface area contributed by atoms with Gasteiger partial charge in [0.25, 0.3) is 0 Å². The first kappa shape index (κ1) is 12.1. The SMILES string of the molecule is CC(C)(C)c1c(Br)c2ncccc2n1C(=O)O. The van der Waals surface area contributed by atoms with Crippen LogP contribution in [0.3, 0.4) is 0 Å². The summed E-state index contributed by atoms with van der Waals surface area (Å²) in [5.41, 5.74) is 1.73. The van der Waals surface area contributed by atoms with Gasteiger partial charge in [0.2, 0.25) is 0 Å². The van der Waals surface area contributed by atoms with E-state index in [1.807, 2.05) is 20.8 Å². The van der Waals surface area contributed by atoms with E-state index in [9.17, 15) is 9.90 Å². The van der Waals surface area contributed by atoms with Crippen molar-refractivity contribution in [2.45, 2.75) is 26.2 Å². The average molecular weight is 297 g/mol. The Morgan fingerprint density at radius 1 is 1.47 bits per heavy atom. The zero-order chi connectivity index (χ0) is 12.8. The van der Waals surface area contributed by atoms with E-state index < -0.39 is 6.09 Å². The van der Waals surface area contributed by atoms with Crippen molar-refractivity contribution in [2.75, 3.05) is 0 Å². The molecule has 0 aliphatic heterocycles. The van der Waals surface area contributed by atoms with Gasteiger partial charge < -0.3 is 5.11 Å². The van der Waals surface area contributed by atoms with Crippen LogP contribution in [0.1, 0.15) is 26.5 Å². The van der Waals surface area contributed by atoms with E-state index in [1.165, 1.54) is 4.57 Å². The average Bonchev–Trinajstić information content (AvgIpc) is 2.52. The molecule has 5 heteroatoms. The fourth-order valence-corrected chi connectivity index (χ4v) is 3.02. The maximum absolute atomic E-state index is 11.4. The molecule has 0 aliphatic carbocycles. The molecule has 2 aromatic rings. The number of pyridine rings is 1. The van der Waals surface area contributed by atoms with E-state index in [0.29, 0.717) is 11.0 Å². The van der Waals surface area contributed by atoms with Crippen LogP contribution in [0.4, 0.5) is 4.79 Å². The zero-order valence-corrected chi connectivity index (χ0v) is 11.4. The third kappa shape index (κ3) is 1.84. The summed E-state index contributed by atoms with van der Waals surface area (Å²) < 4.78 is 2.05. The molecule has 17 heavy (non-hydrogen) atoms. The van der Waals surface area contributed by atoms with E-state index in [1.54, 1.807) is 18.3 Å². The van der Waals surface area contributed by atoms with Crippen LogP contribution in [-0.4, -0.2) is 20.8 Å². The second-order valence-electron chi connectivity index (χ2n) is 4.90. The first-order valence-corrected chi connectivity index (χ1v) is 6.02. The summed E-state index contributed by atoms with van der Waals surface area (Å²) >= 11 is 3.46. The van der Waals surface area contributed by atoms with Gasteiger partial charge >= 0.3 is 6.09 Å². The highest BCUT2D eigenvalue weighted by molar-refractivity contribution is 9.10. The fraction of sp³-hybridized carbons (Fsp3) is 0.333. The van der Waals surface area contributed by atoms with Gasteiger partial charge in [0.15, 0.2) is 0 Å². The summed E-state index contributed by atoms with van der Waals surface area (Å²) in [5, 5.41) is 9.35. The largest absolute Gasteiger partial charge is 0.464 e. The number of carbonyl (C=O) groups is 1. The van der Waals surface area contributed by atoms with Crippen molar-refractivity contribution in [3.8, 4) is 0 Å². The fourth-order valence-electron chi connectivity index (χ4n) is 1.94. The van der Waals surface area contributed by atoms with Gasteiger partial charge in [0.05, 0.1) is 15.7 Å². The standard InChI is InChI=1S/C12H13BrN2O2/c1-12(2,3)10-8(13)9-7(5-4-6-14-9)15(10)11(16)17/h4-6H,1-3H3,(H,16,17). The Balaban J connectivity index is 2.96. The number of fused-ring (bicyclic) bond motifs is 1. The van der Waals surface area contributed by atoms with Crippen LogP contribution < -0.4 is 0 Å². The molecule has 0 bridgehead atoms. The second kappa shape index (κ2) is 3.84. The van der Waals surface area contributed by atoms with Gasteiger partial charge in [-0.15, -0.1) is 0 Å². The Labute approximate surface area is 107 Å². The van der Waals surface area contributed by atoms with Crippen LogP contribution in [0, 0.1) is 0 Å². The number of halogens is 1. The normalized spacial score (nSPS) is 12.0. The molecule has 90 valence electrons. The summed E-state index contributed by atoms with van der Waals surface area (Å²) in [6.07, 6.45) is 0.671. The van der Waals surface area contributed by atoms with Crippen LogP contribution in [0.5, 0.6) is 0 Å². The molecule has 0 aliphatic rings. The molecule has 1 N–H and O–H groups in total. The third-order valence-corrected chi connectivity index (χ3v) is 3.32. The van der Waals surface area contributed by atoms with E-state index in [-0.39, 0.29) is 5.41 Å². The van der Waals surface area contributed by atoms with Crippen LogP contribution in [0.25, 0.3) is 11.0 Å². The lowest BCUT2D eigenvalue weighted by atomic mass is 9.92. The Bertz CT molecular complexity index is 596. The molecule has 0 aromatic carbocycles. The highest BCUT2D eigenvalue weighted by Crippen LogP contribution is 2.36. The molecule has 0 radical (unpaired) electrons. The molecule has 0 spiro atoms. The smallest absolute Gasteiger partial charge is 0.416 e. The first-order chi connectivity index (χ1) is 7.84. The third-order valence-electron chi connectivity index (χ3n) is 2.57. The van der Waals surface area contributed by atoms with Crippen molar-refractivity contribution >= 4 is 33.1 Å². The van der Waals surface area contributed by atoms with E-state index >= 15 is 0 Å². The van der Waals surface area contributed by atoms with Gasteiger partial charge in [-0.05, 0) is 28.1 Å². The second-order valence-corrected chi connectivity index (χ2v) is 5.69. The van der Waals surface area contributed by atoms with Gasteiger partial charge in [0.1, 0.15) is 5.52 Å². The topological polar surface area (TPSA) is 55.1 Å². The van der Waals surface area contributed by atoms with E-state index in [0.717, 1.165) is 10.2 Å². The van der Waals surface area contributed by atoms with Crippen LogP contribution in [-0.2, 0) is 5.41 Å². The Morgan fingerprint density at radius 2 is 2.12 bits per heavy atom. The molecular weight excluding hydrogens is 284 g/mol. The van der Waals surface area contributed by atoms with Crippen LogP contribution in [0.2, 0.25) is 0 Å². The summed E-state index contributed by atoms with van der Waals surface area (Å²) in [4.78, 5) is 15.6. The predicted octanol–water partition coefficient (Wildman–Crippen LogP) is 3.62. The predicted molar refractivity (Wildman–Crippen MR) is 69.6 cm³/mol. The van der Waals surface area contributed by atoms with Crippen LogP contribution >= 0.6 is 15.9 Å². The number of hydrogen-bond acceptors (Lipinski definition) is 2. The van der Waals surface area contributed by atoms with Crippen molar-refractivity contribution in [2.24, 2.45) is 0 Å². The van der Waals surface area contributed by atoms with Gasteiger partial charge in [-0.2, -0.15) is 0 Å². The van der Waals surface area contributed by atoms with Gasteiger partial charge in [0, 0.05) is 11.6 Å². The minimum absolute atomic E-state index is 0.280. The number of nitrogens with zero attached hydrogens (tertiary/aromatic N) is 2. The number of carboxylic acid groups (broad SMARTS) is 1. The highest BCUT2D eigenvalue weighted by Gasteiger charge is 2.28. The number of rotatable bonds is 0. The monoisotopic (exact) mass is 296 g/mol. The Morgan fingerprint density at radius 3 is 2.65 bits per heavy atom. The lowest BCUT2D eigenvalue weighted by Crippen LogP contribution is -2.22. The summed E-state index contributed by atoms with van der Waals surface area (Å²) in [6, 6.07) is 3.50. The summed E-state index contributed by atoms with van der Waals surface area (Å²) in [7, 11) is 0. The van der Waals surface area contributed by atoms with Crippen molar-refractivity contribution < 1.29 is 9.90 Å². The molecule has 0 amide bonds. The van der Waals surface area contributed by atoms with Gasteiger partial charge in [-0.3, -0.25) is 4.98 Å². The van der Waals surface area contributed by atoms with Crippen molar-refractivity contribution in [3.05, 3.63) is 28.5 Å². The maximum Gasteiger partial charge on any atom is 0.416 e. The van der Waals surface area contributed by atoms with Crippen molar-refractivity contribution in [1.82, 2.24) is 9.55 Å². The molecule has 0 fully saturated rings. The minimum atomic E-state index is -0.987. The van der Waals surface area contributed by atoms with Crippen LogP contribution in [0.15, 0.2) is 22.8 Å². The number of hydrogen-bond donors (Lipinski definition) is 1. The Kier molecular flexibility index (Phi) is 2.73. The lowest BCUT2D eigenvalue weighted by Gasteiger charge is -2.20. The minimum Gasteiger partial charge on any atom is -0.464 e. The number of aromatic nitrogens is 2. The molecule has 2 rings (SSSR count). The molecule has 4 nitrogen and oxygen atoms in total. The van der Waals surface area contributed by atoms with E-state index in [4.69, 9.17) is 0 Å². The highest BCUT2D eigenvalue weighted by atomic mass is 79.9. The molecule has 0 unspecified atom stereocenters. The van der Waals surface area contributed by atoms with Gasteiger partial charge in [-0.1, -0.05) is 20.8 Å². The molecule has 0 atom stereocenters. The van der Waals surface area contributed by atoms with Gasteiger partial charge in [-0.25, -0.2) is 9.36 Å². The molecule has 0 saturated carbocycles. The molecule has 2 heterocycles. The molecular formula is C12H13BrN2O2. The zero-order valence-electron chi connectivity index (χ0n) is 9.86. The van der Waals surface area contributed by atoms with E-state index in [2.05, 4.69) is 20.9 Å². The Hall–Kier alpha value is -1.36.